The summed E-state index contributed by atoms with van der Waals surface area (Å²) in [5.41, 5.74) is 0.842. The highest BCUT2D eigenvalue weighted by Crippen LogP contribution is 2.32. The van der Waals surface area contributed by atoms with E-state index in [4.69, 9.17) is 21.4 Å². The summed E-state index contributed by atoms with van der Waals surface area (Å²) in [5, 5.41) is 32.2. The first-order valence-corrected chi connectivity index (χ1v) is 7.21. The molecule has 1 aliphatic rings. The Hall–Kier alpha value is -1.52. The van der Waals surface area contributed by atoms with Crippen molar-refractivity contribution in [1.82, 2.24) is 19.5 Å². The third-order valence-corrected chi connectivity index (χ3v) is 3.70. The molecule has 120 valence electrons. The van der Waals surface area contributed by atoms with Crippen LogP contribution in [-0.2, 0) is 4.74 Å². The molecular weight excluding hydrogens is 314 g/mol. The Morgan fingerprint density at radius 2 is 2.14 bits per heavy atom. The summed E-state index contributed by atoms with van der Waals surface area (Å²) in [4.78, 5) is 12.4. The number of aliphatic hydroxyl groups is 3. The van der Waals surface area contributed by atoms with Crippen LogP contribution in [0.1, 0.15) is 13.2 Å². The van der Waals surface area contributed by atoms with Crippen LogP contribution in [0.15, 0.2) is 6.33 Å². The fourth-order valence-electron chi connectivity index (χ4n) is 2.48. The van der Waals surface area contributed by atoms with E-state index in [1.165, 1.54) is 10.9 Å². The Bertz CT molecular complexity index is 681. The monoisotopic (exact) mass is 329 g/mol. The van der Waals surface area contributed by atoms with Crippen LogP contribution in [0.2, 0.25) is 5.28 Å². The van der Waals surface area contributed by atoms with Crippen molar-refractivity contribution in [3.63, 3.8) is 0 Å². The van der Waals surface area contributed by atoms with Crippen molar-refractivity contribution in [2.24, 2.45) is 0 Å². The third kappa shape index (κ3) is 2.40. The van der Waals surface area contributed by atoms with E-state index in [-0.39, 0.29) is 5.28 Å². The number of hydrogen-bond donors (Lipinski definition) is 4. The number of nitrogens with zero attached hydrogens (tertiary/aromatic N) is 4. The van der Waals surface area contributed by atoms with Gasteiger partial charge in [-0.05, 0) is 18.5 Å². The standard InChI is InChI=1S/C12H16ClN5O4/c1-2-14-9-6-10(17-12(13)16-9)18(4-15-6)11-8(21)7(20)5(3-19)22-11/h4-5,7-8,11,19-21H,2-3H2,1H3,(H,14,16,17)/t5-,7?,8-,11?/m1/s1. The molecule has 3 heterocycles. The Labute approximate surface area is 130 Å². The second-order valence-electron chi connectivity index (χ2n) is 4.92. The lowest BCUT2D eigenvalue weighted by Crippen LogP contribution is -2.33. The van der Waals surface area contributed by atoms with Crippen LogP contribution in [0.3, 0.4) is 0 Å². The molecule has 0 amide bonds. The fraction of sp³-hybridized carbons (Fsp3) is 0.583. The summed E-state index contributed by atoms with van der Waals surface area (Å²) < 4.78 is 6.94. The highest BCUT2D eigenvalue weighted by molar-refractivity contribution is 6.28. The molecule has 9 nitrogen and oxygen atoms in total. The van der Waals surface area contributed by atoms with Gasteiger partial charge in [-0.15, -0.1) is 0 Å². The van der Waals surface area contributed by atoms with E-state index in [0.717, 1.165) is 0 Å². The van der Waals surface area contributed by atoms with E-state index in [2.05, 4.69) is 20.3 Å². The molecule has 4 atom stereocenters. The molecule has 0 bridgehead atoms. The number of nitrogens with one attached hydrogen (secondary N) is 1. The summed E-state index contributed by atoms with van der Waals surface area (Å²) in [6, 6.07) is 0. The molecule has 22 heavy (non-hydrogen) atoms. The number of aliphatic hydroxyl groups excluding tert-OH is 3. The molecule has 0 spiro atoms. The Kier molecular flexibility index (Phi) is 4.15. The summed E-state index contributed by atoms with van der Waals surface area (Å²) >= 11 is 5.92. The fourth-order valence-corrected chi connectivity index (χ4v) is 2.64. The van der Waals surface area contributed by atoms with Crippen molar-refractivity contribution in [2.45, 2.75) is 31.5 Å². The van der Waals surface area contributed by atoms with Gasteiger partial charge in [0, 0.05) is 6.54 Å². The maximum absolute atomic E-state index is 10.1. The summed E-state index contributed by atoms with van der Waals surface area (Å²) in [6.07, 6.45) is -2.78. The van der Waals surface area contributed by atoms with Gasteiger partial charge in [0.05, 0.1) is 12.9 Å². The minimum atomic E-state index is -1.22. The smallest absolute Gasteiger partial charge is 0.226 e. The molecule has 0 aliphatic carbocycles. The quantitative estimate of drug-likeness (QED) is 0.554. The van der Waals surface area contributed by atoms with Gasteiger partial charge in [0.25, 0.3) is 0 Å². The van der Waals surface area contributed by atoms with Gasteiger partial charge in [0.1, 0.15) is 18.3 Å². The first-order valence-electron chi connectivity index (χ1n) is 6.83. The summed E-state index contributed by atoms with van der Waals surface area (Å²) in [6.45, 7) is 2.13. The molecule has 10 heteroatoms. The maximum atomic E-state index is 10.1. The predicted molar refractivity (Wildman–Crippen MR) is 77.5 cm³/mol. The van der Waals surface area contributed by atoms with E-state index in [0.29, 0.717) is 23.5 Å². The molecule has 2 aromatic rings. The lowest BCUT2D eigenvalue weighted by molar-refractivity contribution is -0.0511. The minimum absolute atomic E-state index is 0.0249. The van der Waals surface area contributed by atoms with E-state index >= 15 is 0 Å². The van der Waals surface area contributed by atoms with Crippen molar-refractivity contribution < 1.29 is 20.1 Å². The van der Waals surface area contributed by atoms with Crippen LogP contribution in [0, 0.1) is 0 Å². The number of rotatable bonds is 4. The average molecular weight is 330 g/mol. The average Bonchev–Trinajstić information content (AvgIpc) is 3.02. The normalized spacial score (nSPS) is 28.4. The van der Waals surface area contributed by atoms with E-state index in [1.54, 1.807) is 0 Å². The number of fused-ring (bicyclic) bond motifs is 1. The van der Waals surface area contributed by atoms with Crippen molar-refractivity contribution in [3.05, 3.63) is 11.6 Å². The van der Waals surface area contributed by atoms with Gasteiger partial charge in [0.15, 0.2) is 23.2 Å². The van der Waals surface area contributed by atoms with Crippen LogP contribution in [0.4, 0.5) is 5.82 Å². The lowest BCUT2D eigenvalue weighted by Gasteiger charge is -2.16. The zero-order valence-electron chi connectivity index (χ0n) is 11.7. The molecule has 4 N–H and O–H groups in total. The van der Waals surface area contributed by atoms with Crippen LogP contribution in [0.5, 0.6) is 0 Å². The molecule has 1 aliphatic heterocycles. The van der Waals surface area contributed by atoms with E-state index in [1.807, 2.05) is 6.92 Å². The third-order valence-electron chi connectivity index (χ3n) is 3.53. The lowest BCUT2D eigenvalue weighted by atomic mass is 10.1. The molecule has 0 saturated carbocycles. The number of anilines is 1. The van der Waals surface area contributed by atoms with Gasteiger partial charge >= 0.3 is 0 Å². The number of aromatic nitrogens is 4. The van der Waals surface area contributed by atoms with Crippen LogP contribution < -0.4 is 5.32 Å². The molecule has 3 rings (SSSR count). The number of ether oxygens (including phenoxy) is 1. The Morgan fingerprint density at radius 3 is 2.77 bits per heavy atom. The highest BCUT2D eigenvalue weighted by atomic mass is 35.5. The summed E-state index contributed by atoms with van der Waals surface area (Å²) in [5.74, 6) is 0.475. The predicted octanol–water partition coefficient (Wildman–Crippen LogP) is -0.477. The second kappa shape index (κ2) is 5.94. The van der Waals surface area contributed by atoms with Gasteiger partial charge in [-0.2, -0.15) is 9.97 Å². The number of hydrogen-bond acceptors (Lipinski definition) is 8. The first-order chi connectivity index (χ1) is 10.6. The zero-order valence-corrected chi connectivity index (χ0v) is 12.5. The Morgan fingerprint density at radius 1 is 1.36 bits per heavy atom. The van der Waals surface area contributed by atoms with Crippen molar-refractivity contribution in [2.75, 3.05) is 18.5 Å². The van der Waals surface area contributed by atoms with E-state index in [9.17, 15) is 10.2 Å². The van der Waals surface area contributed by atoms with Crippen LogP contribution in [-0.4, -0.2) is 66.3 Å². The minimum Gasteiger partial charge on any atom is -0.394 e. The molecule has 1 fully saturated rings. The van der Waals surface area contributed by atoms with Crippen molar-refractivity contribution in [1.29, 1.82) is 0 Å². The van der Waals surface area contributed by atoms with Gasteiger partial charge in [-0.25, -0.2) is 4.98 Å². The first kappa shape index (κ1) is 15.4. The molecule has 0 aromatic carbocycles. The van der Waals surface area contributed by atoms with Gasteiger partial charge in [0.2, 0.25) is 5.28 Å². The molecule has 0 radical (unpaired) electrons. The van der Waals surface area contributed by atoms with Crippen LogP contribution >= 0.6 is 11.6 Å². The summed E-state index contributed by atoms with van der Waals surface area (Å²) in [7, 11) is 0. The van der Waals surface area contributed by atoms with E-state index < -0.39 is 31.1 Å². The van der Waals surface area contributed by atoms with Crippen molar-refractivity contribution >= 4 is 28.6 Å². The largest absolute Gasteiger partial charge is 0.394 e. The maximum Gasteiger partial charge on any atom is 0.226 e. The van der Waals surface area contributed by atoms with Gasteiger partial charge in [-0.1, -0.05) is 0 Å². The Balaban J connectivity index is 2.05. The molecular formula is C12H16ClN5O4. The molecule has 2 unspecified atom stereocenters. The molecule has 2 aromatic heterocycles. The highest BCUT2D eigenvalue weighted by Gasteiger charge is 2.44. The topological polar surface area (TPSA) is 126 Å². The second-order valence-corrected chi connectivity index (χ2v) is 5.26. The zero-order chi connectivity index (χ0) is 15.9. The number of halogens is 1. The van der Waals surface area contributed by atoms with Gasteiger partial charge in [-0.3, -0.25) is 4.57 Å². The SMILES string of the molecule is CCNc1nc(Cl)nc2c1ncn2C1O[C@H](CO)C(O)[C@H]1O. The molecule has 1 saturated heterocycles. The van der Waals surface area contributed by atoms with Crippen LogP contribution in [0.25, 0.3) is 11.2 Å². The number of imidazole rings is 1. The van der Waals surface area contributed by atoms with Gasteiger partial charge < -0.3 is 25.4 Å². The van der Waals surface area contributed by atoms with Crippen molar-refractivity contribution in [3.8, 4) is 0 Å².